The van der Waals surface area contributed by atoms with E-state index >= 15 is 0 Å². The molecule has 0 bridgehead atoms. The second kappa shape index (κ2) is 7.21. The summed E-state index contributed by atoms with van der Waals surface area (Å²) in [5, 5.41) is 6.39. The summed E-state index contributed by atoms with van der Waals surface area (Å²) in [6.07, 6.45) is 1.77. The van der Waals surface area contributed by atoms with E-state index < -0.39 is 5.60 Å². The summed E-state index contributed by atoms with van der Waals surface area (Å²) in [6.45, 7) is 8.24. The van der Waals surface area contributed by atoms with Gasteiger partial charge in [-0.1, -0.05) is 6.07 Å². The first-order valence-electron chi connectivity index (χ1n) is 8.18. The molecule has 0 spiro atoms. The molecule has 0 saturated carbocycles. The molecule has 0 heterocycles. The third-order valence-corrected chi connectivity index (χ3v) is 3.86. The molecule has 2 rings (SSSR count). The van der Waals surface area contributed by atoms with Crippen LogP contribution in [0, 0.1) is 0 Å². The van der Waals surface area contributed by atoms with Crippen molar-refractivity contribution in [3.8, 4) is 5.75 Å². The zero-order valence-electron chi connectivity index (χ0n) is 14.7. The predicted molar refractivity (Wildman–Crippen MR) is 90.9 cm³/mol. The molecule has 1 aromatic carbocycles. The number of rotatable bonds is 5. The fraction of sp³-hybridized carbons (Fsp3) is 0.611. The molecule has 2 N–H and O–H groups in total. The largest absolute Gasteiger partial charge is 0.497 e. The van der Waals surface area contributed by atoms with Crippen molar-refractivity contribution in [2.75, 3.05) is 13.7 Å². The van der Waals surface area contributed by atoms with Crippen molar-refractivity contribution < 1.29 is 14.3 Å². The molecule has 0 aromatic heterocycles. The zero-order chi connectivity index (χ0) is 17.0. The van der Waals surface area contributed by atoms with Crippen molar-refractivity contribution in [1.82, 2.24) is 10.6 Å². The van der Waals surface area contributed by atoms with Crippen LogP contribution in [0.2, 0.25) is 0 Å². The van der Waals surface area contributed by atoms with E-state index in [2.05, 4.69) is 22.8 Å². The highest BCUT2D eigenvalue weighted by Crippen LogP contribution is 2.33. The number of nitrogens with one attached hydrogen (secondary N) is 2. The van der Waals surface area contributed by atoms with E-state index in [1.54, 1.807) is 7.11 Å². The average Bonchev–Trinajstić information content (AvgIpc) is 2.85. The average molecular weight is 320 g/mol. The minimum atomic E-state index is -0.474. The molecule has 0 aliphatic heterocycles. The van der Waals surface area contributed by atoms with Crippen LogP contribution in [0.5, 0.6) is 5.75 Å². The van der Waals surface area contributed by atoms with Crippen molar-refractivity contribution in [3.63, 3.8) is 0 Å². The monoisotopic (exact) mass is 320 g/mol. The number of hydrogen-bond donors (Lipinski definition) is 2. The van der Waals surface area contributed by atoms with Gasteiger partial charge in [-0.05, 0) is 63.8 Å². The van der Waals surface area contributed by atoms with Gasteiger partial charge >= 0.3 is 6.09 Å². The lowest BCUT2D eigenvalue weighted by atomic mass is 10.1. The first kappa shape index (κ1) is 17.6. The number of alkyl carbamates (subject to hydrolysis) is 1. The summed E-state index contributed by atoms with van der Waals surface area (Å²) in [5.41, 5.74) is 2.20. The Hall–Kier alpha value is -1.75. The number of amides is 1. The van der Waals surface area contributed by atoms with Crippen LogP contribution < -0.4 is 15.4 Å². The van der Waals surface area contributed by atoms with E-state index in [1.807, 2.05) is 33.8 Å². The molecule has 0 saturated heterocycles. The Morgan fingerprint density at radius 1 is 1.39 bits per heavy atom. The lowest BCUT2D eigenvalue weighted by molar-refractivity contribution is 0.0507. The third-order valence-electron chi connectivity index (χ3n) is 3.86. The normalized spacial score (nSPS) is 18.2. The van der Waals surface area contributed by atoms with Crippen molar-refractivity contribution in [2.24, 2.45) is 0 Å². The molecular formula is C18H28N2O3. The van der Waals surface area contributed by atoms with E-state index in [0.29, 0.717) is 12.6 Å². The van der Waals surface area contributed by atoms with Gasteiger partial charge in [0.2, 0.25) is 0 Å². The van der Waals surface area contributed by atoms with Crippen LogP contribution >= 0.6 is 0 Å². The number of aryl methyl sites for hydroxylation is 1. The highest BCUT2D eigenvalue weighted by atomic mass is 16.6. The smallest absolute Gasteiger partial charge is 0.407 e. The Bertz CT molecular complexity index is 552. The van der Waals surface area contributed by atoms with Gasteiger partial charge in [0.25, 0.3) is 0 Å². The number of hydrogen-bond acceptors (Lipinski definition) is 4. The van der Waals surface area contributed by atoms with Gasteiger partial charge in [-0.3, -0.25) is 0 Å². The van der Waals surface area contributed by atoms with Crippen molar-refractivity contribution >= 4 is 6.09 Å². The Balaban J connectivity index is 1.85. The molecule has 1 amide bonds. The van der Waals surface area contributed by atoms with E-state index in [0.717, 1.165) is 18.6 Å². The van der Waals surface area contributed by atoms with E-state index in [1.165, 1.54) is 11.1 Å². The van der Waals surface area contributed by atoms with Crippen molar-refractivity contribution in [3.05, 3.63) is 29.3 Å². The minimum Gasteiger partial charge on any atom is -0.497 e. The maximum Gasteiger partial charge on any atom is 0.407 e. The molecule has 23 heavy (non-hydrogen) atoms. The van der Waals surface area contributed by atoms with Gasteiger partial charge in [0.15, 0.2) is 0 Å². The fourth-order valence-corrected chi connectivity index (χ4v) is 2.80. The maximum absolute atomic E-state index is 11.8. The number of carbonyl (C=O) groups is 1. The standard InChI is InChI=1S/C18H28N2O3/c1-12(20-17(21)23-18(2,3)4)11-19-16-9-7-13-6-8-14(22-5)10-15(13)16/h6,8,10,12,16,19H,7,9,11H2,1-5H3,(H,20,21). The molecule has 1 aliphatic rings. The summed E-state index contributed by atoms with van der Waals surface area (Å²) in [7, 11) is 1.69. The third kappa shape index (κ3) is 5.13. The van der Waals surface area contributed by atoms with Crippen LogP contribution in [0.15, 0.2) is 18.2 Å². The Morgan fingerprint density at radius 2 is 2.13 bits per heavy atom. The van der Waals surface area contributed by atoms with E-state index in [4.69, 9.17) is 9.47 Å². The molecule has 128 valence electrons. The van der Waals surface area contributed by atoms with Gasteiger partial charge in [-0.2, -0.15) is 0 Å². The number of methoxy groups -OCH3 is 1. The van der Waals surface area contributed by atoms with Crippen LogP contribution in [0.1, 0.15) is 51.3 Å². The first-order chi connectivity index (χ1) is 10.8. The number of ether oxygens (including phenoxy) is 2. The molecular weight excluding hydrogens is 292 g/mol. The summed E-state index contributed by atoms with van der Waals surface area (Å²) in [4.78, 5) is 11.8. The SMILES string of the molecule is COc1ccc2c(c1)C(NCC(C)NC(=O)OC(C)(C)C)CC2. The molecule has 2 unspecified atom stereocenters. The Morgan fingerprint density at radius 3 is 2.78 bits per heavy atom. The Labute approximate surface area is 138 Å². The van der Waals surface area contributed by atoms with E-state index in [9.17, 15) is 4.79 Å². The van der Waals surface area contributed by atoms with Crippen LogP contribution in [0.4, 0.5) is 4.79 Å². The fourth-order valence-electron chi connectivity index (χ4n) is 2.80. The molecule has 1 aliphatic carbocycles. The number of benzene rings is 1. The zero-order valence-corrected chi connectivity index (χ0v) is 14.7. The van der Waals surface area contributed by atoms with Gasteiger partial charge in [-0.15, -0.1) is 0 Å². The van der Waals surface area contributed by atoms with Crippen molar-refractivity contribution in [2.45, 2.75) is 58.2 Å². The summed E-state index contributed by atoms with van der Waals surface area (Å²) >= 11 is 0. The van der Waals surface area contributed by atoms with E-state index in [-0.39, 0.29) is 12.1 Å². The number of carbonyl (C=O) groups excluding carboxylic acids is 1. The quantitative estimate of drug-likeness (QED) is 0.875. The summed E-state index contributed by atoms with van der Waals surface area (Å²) < 4.78 is 10.6. The molecule has 0 radical (unpaired) electrons. The highest BCUT2D eigenvalue weighted by Gasteiger charge is 2.23. The maximum atomic E-state index is 11.8. The second-order valence-corrected chi connectivity index (χ2v) is 7.11. The molecule has 2 atom stereocenters. The molecule has 5 nitrogen and oxygen atoms in total. The van der Waals surface area contributed by atoms with Crippen LogP contribution in [0.25, 0.3) is 0 Å². The summed E-state index contributed by atoms with van der Waals surface area (Å²) in [6, 6.07) is 6.56. The topological polar surface area (TPSA) is 59.6 Å². The molecule has 5 heteroatoms. The van der Waals surface area contributed by atoms with Crippen LogP contribution in [-0.4, -0.2) is 31.4 Å². The van der Waals surface area contributed by atoms with Gasteiger partial charge in [0.1, 0.15) is 11.4 Å². The second-order valence-electron chi connectivity index (χ2n) is 7.11. The van der Waals surface area contributed by atoms with Crippen LogP contribution in [-0.2, 0) is 11.2 Å². The van der Waals surface area contributed by atoms with Gasteiger partial charge in [0, 0.05) is 18.6 Å². The molecule has 1 aromatic rings. The summed E-state index contributed by atoms with van der Waals surface area (Å²) in [5.74, 6) is 0.886. The van der Waals surface area contributed by atoms with Crippen molar-refractivity contribution in [1.29, 1.82) is 0 Å². The predicted octanol–water partition coefficient (Wildman–Crippen LogP) is 3.19. The highest BCUT2D eigenvalue weighted by molar-refractivity contribution is 5.68. The van der Waals surface area contributed by atoms with Gasteiger partial charge in [0.05, 0.1) is 7.11 Å². The Kier molecular flexibility index (Phi) is 5.52. The van der Waals surface area contributed by atoms with Crippen LogP contribution in [0.3, 0.4) is 0 Å². The lowest BCUT2D eigenvalue weighted by Gasteiger charge is -2.23. The van der Waals surface area contributed by atoms with Gasteiger partial charge < -0.3 is 20.1 Å². The molecule has 0 fully saturated rings. The first-order valence-corrected chi connectivity index (χ1v) is 8.18. The lowest BCUT2D eigenvalue weighted by Crippen LogP contribution is -2.43. The van der Waals surface area contributed by atoms with Gasteiger partial charge in [-0.25, -0.2) is 4.79 Å². The number of fused-ring (bicyclic) bond motifs is 1. The minimum absolute atomic E-state index is 0.000456.